The predicted octanol–water partition coefficient (Wildman–Crippen LogP) is 37.3. The molecule has 640 valence electrons. The van der Waals surface area contributed by atoms with Crippen LogP contribution in [0, 0.1) is 102 Å². The Labute approximate surface area is 658 Å². The topological polar surface area (TPSA) is 0 Å². The highest BCUT2D eigenvalue weighted by Gasteiger charge is 2.53. The van der Waals surface area contributed by atoms with Crippen LogP contribution in [-0.2, 0) is 0 Å². The maximum atomic E-state index is 15.4. The second-order valence-corrected chi connectivity index (χ2v) is 43.7. The summed E-state index contributed by atoms with van der Waals surface area (Å²) in [5, 5.41) is 0. The van der Waals surface area contributed by atoms with Crippen LogP contribution in [0.1, 0.15) is 499 Å². The average molecular weight is 1500 g/mol. The van der Waals surface area contributed by atoms with Gasteiger partial charge in [0.15, 0.2) is 0 Å². The zero-order valence-electron chi connectivity index (χ0n) is 81.4. The van der Waals surface area contributed by atoms with Crippen LogP contribution in [0.5, 0.6) is 0 Å². The molecule has 0 N–H and O–H groups in total. The van der Waals surface area contributed by atoms with E-state index in [1.807, 2.05) is 13.8 Å². The lowest BCUT2D eigenvalue weighted by molar-refractivity contribution is -0.0946. The SMILES string of the molecule is CC(C)(C)C.CC(C)C(C(C)C)C(C)(F)C(C(C)C)C(C)C.CC(C)C(C)(C)C.CC1(C)CCC(C)(F)CC1.CC1(F)CCCC1.CC1(F)CCCCC1.CCC(C)(C)C.CCC(C)(CC)C(C)(F)C(C)(CC)CC.CCC(CC)C(C)(C)C.CCC(CC)C(C)(F)C(CC)CC.CCCC(C)(C)C. The largest absolute Gasteiger partial charge is 0.244 e. The van der Waals surface area contributed by atoms with Crippen molar-refractivity contribution < 1.29 is 26.3 Å². The molecule has 0 unspecified atom stereocenters. The fourth-order valence-corrected chi connectivity index (χ4v) is 15.5. The van der Waals surface area contributed by atoms with E-state index in [4.69, 9.17) is 0 Å². The lowest BCUT2D eigenvalue weighted by atomic mass is 9.57. The van der Waals surface area contributed by atoms with Crippen LogP contribution in [-0.4, -0.2) is 34.0 Å². The molecule has 0 atom stereocenters. The van der Waals surface area contributed by atoms with Gasteiger partial charge in [-0.1, -0.05) is 374 Å². The Bertz CT molecular complexity index is 1790. The second-order valence-electron chi connectivity index (χ2n) is 43.7. The Morgan fingerprint density at radius 2 is 0.519 bits per heavy atom. The van der Waals surface area contributed by atoms with E-state index < -0.39 is 34.0 Å². The Balaban J connectivity index is -0.000000165. The molecule has 0 aromatic rings. The van der Waals surface area contributed by atoms with Gasteiger partial charge in [-0.05, 0) is 217 Å². The lowest BCUT2D eigenvalue weighted by Crippen LogP contribution is -2.51. The van der Waals surface area contributed by atoms with Gasteiger partial charge >= 0.3 is 0 Å². The highest BCUT2D eigenvalue weighted by Crippen LogP contribution is 2.54. The summed E-state index contributed by atoms with van der Waals surface area (Å²) in [6, 6.07) is 0. The molecule has 0 aromatic carbocycles. The highest BCUT2D eigenvalue weighted by molar-refractivity contribution is 5.02. The smallest absolute Gasteiger partial charge is 0.118 e. The van der Waals surface area contributed by atoms with Gasteiger partial charge in [-0.15, -0.1) is 0 Å². The Morgan fingerprint density at radius 3 is 0.635 bits per heavy atom. The number of rotatable bonds is 21. The van der Waals surface area contributed by atoms with E-state index in [1.165, 1.54) is 38.5 Å². The normalized spacial score (nSPS) is 17.0. The van der Waals surface area contributed by atoms with Gasteiger partial charge in [-0.2, -0.15) is 0 Å². The summed E-state index contributed by atoms with van der Waals surface area (Å²) in [6.45, 7) is 103. The maximum Gasteiger partial charge on any atom is 0.118 e. The molecular weight excluding hydrogens is 1290 g/mol. The molecule has 0 nitrogen and oxygen atoms in total. The van der Waals surface area contributed by atoms with Crippen LogP contribution in [0.3, 0.4) is 0 Å². The molecule has 3 aliphatic carbocycles. The second kappa shape index (κ2) is 54.3. The van der Waals surface area contributed by atoms with Crippen LogP contribution in [0.25, 0.3) is 0 Å². The summed E-state index contributed by atoms with van der Waals surface area (Å²) in [5.41, 5.74) is -3.02. The first-order chi connectivity index (χ1) is 46.2. The van der Waals surface area contributed by atoms with Crippen LogP contribution in [0.15, 0.2) is 0 Å². The first-order valence-corrected chi connectivity index (χ1v) is 44.4. The van der Waals surface area contributed by atoms with E-state index >= 15 is 8.78 Å². The zero-order chi connectivity index (χ0) is 85.2. The summed E-state index contributed by atoms with van der Waals surface area (Å²) in [6.07, 6.45) is 26.3. The van der Waals surface area contributed by atoms with Crippen LogP contribution < -0.4 is 0 Å². The average Bonchev–Trinajstić information content (AvgIpc) is 0.814. The Kier molecular flexibility index (Phi) is 62.3. The fourth-order valence-electron chi connectivity index (χ4n) is 15.5. The molecule has 0 heterocycles. The molecule has 0 aliphatic heterocycles. The molecule has 3 rings (SSSR count). The van der Waals surface area contributed by atoms with E-state index in [9.17, 15) is 17.6 Å². The van der Waals surface area contributed by atoms with Gasteiger partial charge < -0.3 is 0 Å². The van der Waals surface area contributed by atoms with Gasteiger partial charge in [-0.25, -0.2) is 26.3 Å². The minimum absolute atomic E-state index is 0.136. The third-order valence-electron chi connectivity index (χ3n) is 25.3. The first-order valence-electron chi connectivity index (χ1n) is 44.4. The summed E-state index contributed by atoms with van der Waals surface area (Å²) < 4.78 is 83.7. The summed E-state index contributed by atoms with van der Waals surface area (Å²) >= 11 is 0. The molecule has 0 radical (unpaired) electrons. The quantitative estimate of drug-likeness (QED) is 0.101. The van der Waals surface area contributed by atoms with Crippen molar-refractivity contribution in [1.29, 1.82) is 0 Å². The van der Waals surface area contributed by atoms with Gasteiger partial charge in [0.1, 0.15) is 34.0 Å². The Hall–Kier alpha value is -0.420. The zero-order valence-corrected chi connectivity index (χ0v) is 81.4. The van der Waals surface area contributed by atoms with Gasteiger partial charge in [0.25, 0.3) is 0 Å². The van der Waals surface area contributed by atoms with Gasteiger partial charge in [0.2, 0.25) is 0 Å². The van der Waals surface area contributed by atoms with Crippen molar-refractivity contribution in [3.8, 4) is 0 Å². The Morgan fingerprint density at radius 1 is 0.298 bits per heavy atom. The number of hydrogen-bond donors (Lipinski definition) is 0. The van der Waals surface area contributed by atoms with E-state index in [0.29, 0.717) is 56.2 Å². The van der Waals surface area contributed by atoms with Crippen molar-refractivity contribution in [2.24, 2.45) is 102 Å². The number of halogens is 6. The lowest BCUT2D eigenvalue weighted by Gasteiger charge is -2.51. The van der Waals surface area contributed by atoms with Crippen molar-refractivity contribution in [3.05, 3.63) is 0 Å². The molecule has 3 aliphatic rings. The highest BCUT2D eigenvalue weighted by atomic mass is 19.2. The molecular formula is C98H206F6. The monoisotopic (exact) mass is 1500 g/mol. The molecule has 0 bridgehead atoms. The van der Waals surface area contributed by atoms with E-state index in [-0.39, 0.29) is 34.5 Å². The van der Waals surface area contributed by atoms with E-state index in [1.54, 1.807) is 27.7 Å². The van der Waals surface area contributed by atoms with E-state index in [2.05, 4.69) is 291 Å². The van der Waals surface area contributed by atoms with Crippen molar-refractivity contribution in [1.82, 2.24) is 0 Å². The maximum absolute atomic E-state index is 15.4. The molecule has 6 heteroatoms. The molecule has 3 fully saturated rings. The minimum atomic E-state index is -1.09. The van der Waals surface area contributed by atoms with E-state index in [0.717, 1.165) is 140 Å². The van der Waals surface area contributed by atoms with Gasteiger partial charge in [-0.3, -0.25) is 0 Å². The number of hydrogen-bond acceptors (Lipinski definition) is 0. The molecule has 0 spiro atoms. The molecule has 104 heavy (non-hydrogen) atoms. The van der Waals surface area contributed by atoms with Crippen molar-refractivity contribution in [3.63, 3.8) is 0 Å². The summed E-state index contributed by atoms with van der Waals surface area (Å²) in [7, 11) is 0. The number of alkyl halides is 6. The summed E-state index contributed by atoms with van der Waals surface area (Å²) in [4.78, 5) is 0. The van der Waals surface area contributed by atoms with Crippen molar-refractivity contribution in [2.45, 2.75) is 533 Å². The van der Waals surface area contributed by atoms with Crippen molar-refractivity contribution in [2.75, 3.05) is 0 Å². The third-order valence-corrected chi connectivity index (χ3v) is 25.3. The summed E-state index contributed by atoms with van der Waals surface area (Å²) in [5.74, 6) is 4.01. The van der Waals surface area contributed by atoms with Crippen LogP contribution >= 0.6 is 0 Å². The predicted molar refractivity (Wildman–Crippen MR) is 470 cm³/mol. The fraction of sp³-hybridized carbons (Fsp3) is 1.00. The molecule has 0 aromatic heterocycles. The van der Waals surface area contributed by atoms with Gasteiger partial charge in [0.05, 0.1) is 0 Å². The van der Waals surface area contributed by atoms with Crippen molar-refractivity contribution >= 4 is 0 Å². The van der Waals surface area contributed by atoms with Gasteiger partial charge in [0, 0.05) is 10.8 Å². The minimum Gasteiger partial charge on any atom is -0.244 e. The van der Waals surface area contributed by atoms with Crippen LogP contribution in [0.2, 0.25) is 0 Å². The molecule has 0 saturated heterocycles. The standard InChI is InChI=1S/C16H33F.C14H29F.C12H25F.C9H17F.C9H20.C7H13F.2C7H16.C6H11F.C6H14.C5H12/c1-10(2)14(11(3)4)16(9,17)15(12(5)6)13(7)8;1-8-12(5,9-2)14(7,15)13(6,10-3)11-4;1-6-10(7-2)12(5,13)11(8-3)9-4;1-8(2)4-6-9(3,10)7-5-8;1-6-8(7-2)9(3,4)5;1-7(8)5-3-2-4-6-7;1-6(2)7(3,4)5;1-5-6-7(2,3)4;1-6(7)4-2-3-5-6;1-5-6(2,3)4;1-5(2,3)4/h10-15H,1-9H3;8-11H2,1-7H3;10-11H,6-9H2,1-5H3;4-7H2,1-3H3;8H,6-7H2,1-5H3;2-6H2,1H3;6H,1-5H3;5-6H2,1-4H3;2-5H2,1H3;5H2,1-4H3;1-4H3. The molecule has 0 amide bonds. The first kappa shape index (κ1) is 119. The third kappa shape index (κ3) is 57.6. The molecule has 3 saturated carbocycles. The van der Waals surface area contributed by atoms with Crippen LogP contribution in [0.4, 0.5) is 26.3 Å².